The first-order chi connectivity index (χ1) is 9.28. The zero-order valence-electron chi connectivity index (χ0n) is 10.6. The fourth-order valence-corrected chi connectivity index (χ4v) is 3.69. The molecule has 0 fully saturated rings. The molecule has 0 radical (unpaired) electrons. The van der Waals surface area contributed by atoms with Gasteiger partial charge < -0.3 is 9.72 Å². The minimum Gasteiger partial charge on any atom is -0.314 e. The first-order valence-corrected chi connectivity index (χ1v) is 7.50. The van der Waals surface area contributed by atoms with Gasteiger partial charge in [0.2, 0.25) is 0 Å². The van der Waals surface area contributed by atoms with Gasteiger partial charge in [0.25, 0.3) is 0 Å². The highest BCUT2D eigenvalue weighted by molar-refractivity contribution is 8.01. The van der Waals surface area contributed by atoms with Crippen LogP contribution in [0.2, 0.25) is 0 Å². The van der Waals surface area contributed by atoms with Gasteiger partial charge in [-0.2, -0.15) is 0 Å². The molecule has 5 nitrogen and oxygen atoms in total. The Balaban J connectivity index is 2.04. The van der Waals surface area contributed by atoms with E-state index in [0.29, 0.717) is 0 Å². The molecule has 0 spiro atoms. The van der Waals surface area contributed by atoms with E-state index in [9.17, 15) is 0 Å². The summed E-state index contributed by atoms with van der Waals surface area (Å²) in [5, 5.41) is 13.3. The van der Waals surface area contributed by atoms with E-state index in [0.717, 1.165) is 32.3 Å². The third kappa shape index (κ3) is 2.49. The highest BCUT2D eigenvalue weighted by Gasteiger charge is 2.14. The van der Waals surface area contributed by atoms with Crippen LogP contribution >= 0.6 is 23.1 Å². The van der Waals surface area contributed by atoms with E-state index < -0.39 is 0 Å². The van der Waals surface area contributed by atoms with Gasteiger partial charge in [-0.15, -0.1) is 10.2 Å². The molecule has 3 aromatic rings. The van der Waals surface area contributed by atoms with E-state index >= 15 is 0 Å². The van der Waals surface area contributed by atoms with Gasteiger partial charge in [0.1, 0.15) is 15.7 Å². The van der Waals surface area contributed by atoms with Crippen LogP contribution in [-0.2, 0) is 6.54 Å². The molecule has 0 aliphatic carbocycles. The van der Waals surface area contributed by atoms with E-state index in [2.05, 4.69) is 24.9 Å². The standard InChI is InChI=1S/C12H13N5S2/c1-8-15-16-12(18-8)19-11-9(7-13-2)17-6-4-3-5-10(17)14-11/h3-6,13H,7H2,1-2H3. The summed E-state index contributed by atoms with van der Waals surface area (Å²) in [6.07, 6.45) is 2.03. The van der Waals surface area contributed by atoms with E-state index in [4.69, 9.17) is 0 Å². The van der Waals surface area contributed by atoms with E-state index in [1.54, 1.807) is 23.1 Å². The molecule has 98 valence electrons. The molecule has 0 atom stereocenters. The van der Waals surface area contributed by atoms with Gasteiger partial charge in [-0.05, 0) is 37.9 Å². The maximum Gasteiger partial charge on any atom is 0.180 e. The van der Waals surface area contributed by atoms with Crippen LogP contribution in [0, 0.1) is 6.92 Å². The second kappa shape index (κ2) is 5.28. The number of rotatable bonds is 4. The van der Waals surface area contributed by atoms with E-state index in [1.165, 1.54) is 0 Å². The van der Waals surface area contributed by atoms with Crippen LogP contribution in [0.3, 0.4) is 0 Å². The molecule has 0 saturated heterocycles. The van der Waals surface area contributed by atoms with Gasteiger partial charge >= 0.3 is 0 Å². The molecule has 19 heavy (non-hydrogen) atoms. The molecular weight excluding hydrogens is 278 g/mol. The van der Waals surface area contributed by atoms with E-state index in [1.807, 2.05) is 38.4 Å². The van der Waals surface area contributed by atoms with Crippen LogP contribution in [0.1, 0.15) is 10.7 Å². The summed E-state index contributed by atoms with van der Waals surface area (Å²) in [5.41, 5.74) is 2.10. The van der Waals surface area contributed by atoms with Crippen molar-refractivity contribution in [2.75, 3.05) is 7.05 Å². The highest BCUT2D eigenvalue weighted by Crippen LogP contribution is 2.32. The lowest BCUT2D eigenvalue weighted by Gasteiger charge is -2.02. The van der Waals surface area contributed by atoms with Crippen LogP contribution in [0.4, 0.5) is 0 Å². The molecular formula is C12H13N5S2. The Morgan fingerprint density at radius 1 is 1.37 bits per heavy atom. The van der Waals surface area contributed by atoms with Gasteiger partial charge in [-0.1, -0.05) is 17.4 Å². The van der Waals surface area contributed by atoms with Crippen LogP contribution in [0.25, 0.3) is 5.65 Å². The Bertz CT molecular complexity index is 703. The summed E-state index contributed by atoms with van der Waals surface area (Å²) in [6, 6.07) is 6.01. The minimum atomic E-state index is 0.769. The van der Waals surface area contributed by atoms with Crippen LogP contribution in [0.15, 0.2) is 33.8 Å². The molecule has 3 heterocycles. The third-order valence-corrected chi connectivity index (χ3v) is 4.54. The Kier molecular flexibility index (Phi) is 3.50. The zero-order valence-corrected chi connectivity index (χ0v) is 12.3. The highest BCUT2D eigenvalue weighted by atomic mass is 32.2. The normalized spacial score (nSPS) is 11.3. The largest absolute Gasteiger partial charge is 0.314 e. The van der Waals surface area contributed by atoms with Crippen molar-refractivity contribution in [2.45, 2.75) is 22.8 Å². The van der Waals surface area contributed by atoms with Crippen LogP contribution in [-0.4, -0.2) is 26.6 Å². The zero-order chi connectivity index (χ0) is 13.2. The summed E-state index contributed by atoms with van der Waals surface area (Å²) in [4.78, 5) is 4.66. The molecule has 3 rings (SSSR count). The molecule has 0 aromatic carbocycles. The maximum absolute atomic E-state index is 4.66. The van der Waals surface area contributed by atoms with Crippen LogP contribution < -0.4 is 5.32 Å². The Hall–Kier alpha value is -1.44. The van der Waals surface area contributed by atoms with Crippen LogP contribution in [0.5, 0.6) is 0 Å². The summed E-state index contributed by atoms with van der Waals surface area (Å²) in [5.74, 6) is 0. The number of fused-ring (bicyclic) bond motifs is 1. The molecule has 7 heteroatoms. The van der Waals surface area contributed by atoms with Crippen molar-refractivity contribution in [3.05, 3.63) is 35.1 Å². The molecule has 0 unspecified atom stereocenters. The second-order valence-corrected chi connectivity index (χ2v) is 6.43. The number of aromatic nitrogens is 4. The first kappa shape index (κ1) is 12.6. The van der Waals surface area contributed by atoms with Crippen molar-refractivity contribution in [3.8, 4) is 0 Å². The lowest BCUT2D eigenvalue weighted by Crippen LogP contribution is -2.08. The quantitative estimate of drug-likeness (QED) is 0.800. The van der Waals surface area contributed by atoms with Crippen molar-refractivity contribution in [3.63, 3.8) is 0 Å². The number of pyridine rings is 1. The first-order valence-electron chi connectivity index (χ1n) is 5.86. The molecule has 1 N–H and O–H groups in total. The summed E-state index contributed by atoms with van der Waals surface area (Å²) < 4.78 is 3.03. The SMILES string of the molecule is CNCc1c(Sc2nnc(C)s2)nc2ccccn12. The van der Waals surface area contributed by atoms with Gasteiger partial charge in [-0.3, -0.25) is 0 Å². The molecule has 3 aromatic heterocycles. The lowest BCUT2D eigenvalue weighted by molar-refractivity contribution is 0.764. The number of hydrogen-bond acceptors (Lipinski definition) is 6. The Morgan fingerprint density at radius 3 is 3.00 bits per heavy atom. The molecule has 0 aliphatic rings. The number of nitrogens with zero attached hydrogens (tertiary/aromatic N) is 4. The van der Waals surface area contributed by atoms with Crippen molar-refractivity contribution >= 4 is 28.7 Å². The van der Waals surface area contributed by atoms with Crippen molar-refractivity contribution in [1.82, 2.24) is 24.9 Å². The maximum atomic E-state index is 4.66. The second-order valence-electron chi connectivity index (χ2n) is 4.01. The number of nitrogens with one attached hydrogen (secondary N) is 1. The smallest absolute Gasteiger partial charge is 0.180 e. The van der Waals surface area contributed by atoms with Crippen molar-refractivity contribution in [2.24, 2.45) is 0 Å². The predicted molar refractivity (Wildman–Crippen MR) is 76.7 cm³/mol. The minimum absolute atomic E-state index is 0.769. The lowest BCUT2D eigenvalue weighted by atomic mass is 10.4. The molecule has 0 amide bonds. The Labute approximate surface area is 119 Å². The molecule has 0 aliphatic heterocycles. The third-order valence-electron chi connectivity index (χ3n) is 2.63. The monoisotopic (exact) mass is 291 g/mol. The van der Waals surface area contributed by atoms with Gasteiger partial charge in [-0.25, -0.2) is 4.98 Å². The summed E-state index contributed by atoms with van der Waals surface area (Å²) >= 11 is 3.16. The number of imidazole rings is 1. The fourth-order valence-electron chi connectivity index (χ4n) is 1.84. The topological polar surface area (TPSA) is 55.1 Å². The molecule has 0 saturated carbocycles. The Morgan fingerprint density at radius 2 is 2.26 bits per heavy atom. The number of aryl methyl sites for hydroxylation is 1. The van der Waals surface area contributed by atoms with Gasteiger partial charge in [0, 0.05) is 12.7 Å². The summed E-state index contributed by atoms with van der Waals surface area (Å²) in [6.45, 7) is 2.73. The number of hydrogen-bond donors (Lipinski definition) is 1. The van der Waals surface area contributed by atoms with Gasteiger partial charge in [0.15, 0.2) is 4.34 Å². The van der Waals surface area contributed by atoms with Crippen molar-refractivity contribution in [1.29, 1.82) is 0 Å². The average Bonchev–Trinajstić information content (AvgIpc) is 2.96. The van der Waals surface area contributed by atoms with Gasteiger partial charge in [0.05, 0.1) is 5.69 Å². The fraction of sp³-hybridized carbons (Fsp3) is 0.250. The predicted octanol–water partition coefficient (Wildman–Crippen LogP) is 2.36. The van der Waals surface area contributed by atoms with Crippen molar-refractivity contribution < 1.29 is 0 Å². The molecule has 0 bridgehead atoms. The average molecular weight is 291 g/mol. The summed E-state index contributed by atoms with van der Waals surface area (Å²) in [7, 11) is 1.94. The van der Waals surface area contributed by atoms with E-state index in [-0.39, 0.29) is 0 Å².